The lowest BCUT2D eigenvalue weighted by atomic mass is 10.3. The summed E-state index contributed by atoms with van der Waals surface area (Å²) in [5.41, 5.74) is 0.482. The minimum atomic E-state index is -0.402. The summed E-state index contributed by atoms with van der Waals surface area (Å²) in [6.45, 7) is 4.95. The first-order chi connectivity index (χ1) is 8.21. The zero-order chi connectivity index (χ0) is 12.7. The molecule has 0 saturated heterocycles. The first-order valence-electron chi connectivity index (χ1n) is 5.31. The Morgan fingerprint density at radius 1 is 1.53 bits per heavy atom. The van der Waals surface area contributed by atoms with E-state index < -0.39 is 6.09 Å². The van der Waals surface area contributed by atoms with Gasteiger partial charge in [0.15, 0.2) is 5.75 Å². The van der Waals surface area contributed by atoms with Crippen molar-refractivity contribution in [1.82, 2.24) is 9.88 Å². The molecule has 0 aliphatic heterocycles. The van der Waals surface area contributed by atoms with Gasteiger partial charge in [-0.25, -0.2) is 4.79 Å². The average Bonchev–Trinajstić information content (AvgIpc) is 2.33. The highest BCUT2D eigenvalue weighted by Crippen LogP contribution is 2.10. The van der Waals surface area contributed by atoms with E-state index in [0.717, 1.165) is 0 Å². The minimum Gasteiger partial charge on any atom is -0.411 e. The van der Waals surface area contributed by atoms with E-state index in [4.69, 9.17) is 9.94 Å². The highest BCUT2D eigenvalue weighted by molar-refractivity contribution is 5.76. The molecule has 6 heteroatoms. The van der Waals surface area contributed by atoms with Crippen LogP contribution in [0.5, 0.6) is 5.75 Å². The second-order valence-electron chi connectivity index (χ2n) is 3.20. The van der Waals surface area contributed by atoms with Gasteiger partial charge in [-0.15, -0.1) is 0 Å². The van der Waals surface area contributed by atoms with Crippen LogP contribution in [0.1, 0.15) is 19.5 Å². The Balaban J connectivity index is 2.65. The SMILES string of the molecule is CCN(CC)C(=O)Oc1ccc(/C=N/O)nc1. The lowest BCUT2D eigenvalue weighted by Crippen LogP contribution is -2.33. The first-order valence-corrected chi connectivity index (χ1v) is 5.31. The molecule has 1 aromatic rings. The second-order valence-corrected chi connectivity index (χ2v) is 3.20. The Bertz CT molecular complexity index is 385. The smallest absolute Gasteiger partial charge is 0.411 e. The van der Waals surface area contributed by atoms with Gasteiger partial charge in [0.2, 0.25) is 0 Å². The van der Waals surface area contributed by atoms with Crippen LogP contribution >= 0.6 is 0 Å². The summed E-state index contributed by atoms with van der Waals surface area (Å²) in [7, 11) is 0. The number of ether oxygens (including phenoxy) is 1. The molecule has 17 heavy (non-hydrogen) atoms. The van der Waals surface area contributed by atoms with Crippen molar-refractivity contribution in [3.63, 3.8) is 0 Å². The number of amides is 1. The van der Waals surface area contributed by atoms with E-state index in [-0.39, 0.29) is 0 Å². The van der Waals surface area contributed by atoms with E-state index in [1.54, 1.807) is 17.0 Å². The molecule has 0 unspecified atom stereocenters. The van der Waals surface area contributed by atoms with Crippen LogP contribution in [0.3, 0.4) is 0 Å². The molecule has 92 valence electrons. The predicted molar refractivity (Wildman–Crippen MR) is 62.6 cm³/mol. The third-order valence-corrected chi connectivity index (χ3v) is 2.18. The van der Waals surface area contributed by atoms with Crippen LogP contribution in [0.25, 0.3) is 0 Å². The van der Waals surface area contributed by atoms with Crippen molar-refractivity contribution in [2.24, 2.45) is 5.16 Å². The largest absolute Gasteiger partial charge is 0.415 e. The van der Waals surface area contributed by atoms with Crippen molar-refractivity contribution in [3.8, 4) is 5.75 Å². The molecule has 1 N–H and O–H groups in total. The maximum absolute atomic E-state index is 11.6. The van der Waals surface area contributed by atoms with Gasteiger partial charge in [0.25, 0.3) is 0 Å². The third-order valence-electron chi connectivity index (χ3n) is 2.18. The molecule has 0 radical (unpaired) electrons. The molecule has 0 saturated carbocycles. The molecule has 6 nitrogen and oxygen atoms in total. The number of rotatable bonds is 4. The fourth-order valence-corrected chi connectivity index (χ4v) is 1.23. The molecule has 0 aliphatic rings. The molecule has 0 bridgehead atoms. The van der Waals surface area contributed by atoms with Gasteiger partial charge in [-0.3, -0.25) is 4.98 Å². The van der Waals surface area contributed by atoms with E-state index in [9.17, 15) is 4.79 Å². The Kier molecular flexibility index (Phi) is 4.93. The summed E-state index contributed by atoms with van der Waals surface area (Å²) in [4.78, 5) is 17.1. The fraction of sp³-hybridized carbons (Fsp3) is 0.364. The molecule has 1 aromatic heterocycles. The Morgan fingerprint density at radius 3 is 2.71 bits per heavy atom. The zero-order valence-electron chi connectivity index (χ0n) is 9.83. The lowest BCUT2D eigenvalue weighted by Gasteiger charge is -2.17. The Hall–Kier alpha value is -2.11. The van der Waals surface area contributed by atoms with E-state index in [2.05, 4.69) is 10.1 Å². The molecule has 0 aromatic carbocycles. The van der Waals surface area contributed by atoms with Gasteiger partial charge in [0, 0.05) is 13.1 Å². The molecule has 0 spiro atoms. The number of hydrogen-bond acceptors (Lipinski definition) is 5. The molecule has 1 heterocycles. The van der Waals surface area contributed by atoms with Crippen molar-refractivity contribution in [1.29, 1.82) is 0 Å². The van der Waals surface area contributed by atoms with Crippen molar-refractivity contribution in [3.05, 3.63) is 24.0 Å². The summed E-state index contributed by atoms with van der Waals surface area (Å²) in [5.74, 6) is 0.358. The number of nitrogens with zero attached hydrogens (tertiary/aromatic N) is 3. The van der Waals surface area contributed by atoms with Crippen molar-refractivity contribution in [2.75, 3.05) is 13.1 Å². The fourth-order valence-electron chi connectivity index (χ4n) is 1.23. The minimum absolute atomic E-state index is 0.358. The van der Waals surface area contributed by atoms with Crippen LogP contribution < -0.4 is 4.74 Å². The standard InChI is InChI=1S/C11H15N3O3/c1-3-14(4-2)11(15)17-10-6-5-9(7-13-16)12-8-10/h5-8,16H,3-4H2,1-2H3/b13-7+. The van der Waals surface area contributed by atoms with Gasteiger partial charge in [0.05, 0.1) is 18.1 Å². The van der Waals surface area contributed by atoms with Crippen LogP contribution in [-0.4, -0.2) is 40.5 Å². The number of aromatic nitrogens is 1. The van der Waals surface area contributed by atoms with E-state index in [1.807, 2.05) is 13.8 Å². The topological polar surface area (TPSA) is 75.0 Å². The normalized spacial score (nSPS) is 10.5. The van der Waals surface area contributed by atoms with E-state index >= 15 is 0 Å². The van der Waals surface area contributed by atoms with Crippen LogP contribution in [0.15, 0.2) is 23.5 Å². The lowest BCUT2D eigenvalue weighted by molar-refractivity contribution is 0.157. The van der Waals surface area contributed by atoms with Crippen molar-refractivity contribution >= 4 is 12.3 Å². The molecule has 1 amide bonds. The summed E-state index contributed by atoms with van der Waals surface area (Å²) in [6, 6.07) is 3.18. The van der Waals surface area contributed by atoms with Gasteiger partial charge < -0.3 is 14.8 Å². The molecule has 0 fully saturated rings. The summed E-state index contributed by atoms with van der Waals surface area (Å²) >= 11 is 0. The number of carbonyl (C=O) groups is 1. The van der Waals surface area contributed by atoms with Crippen LogP contribution in [0, 0.1) is 0 Å². The van der Waals surface area contributed by atoms with Gasteiger partial charge in [-0.1, -0.05) is 5.16 Å². The van der Waals surface area contributed by atoms with E-state index in [1.165, 1.54) is 12.4 Å². The van der Waals surface area contributed by atoms with Gasteiger partial charge in [0.1, 0.15) is 0 Å². The maximum Gasteiger partial charge on any atom is 0.415 e. The number of pyridine rings is 1. The third kappa shape index (κ3) is 3.75. The zero-order valence-corrected chi connectivity index (χ0v) is 9.83. The Labute approximate surface area is 99.5 Å². The predicted octanol–water partition coefficient (Wildman–Crippen LogP) is 1.73. The van der Waals surface area contributed by atoms with Gasteiger partial charge in [-0.2, -0.15) is 0 Å². The van der Waals surface area contributed by atoms with E-state index in [0.29, 0.717) is 24.5 Å². The quantitative estimate of drug-likeness (QED) is 0.491. The van der Waals surface area contributed by atoms with Crippen molar-refractivity contribution in [2.45, 2.75) is 13.8 Å². The summed E-state index contributed by atoms with van der Waals surface area (Å²) in [6.07, 6.45) is 2.19. The number of hydrogen-bond donors (Lipinski definition) is 1. The number of carbonyl (C=O) groups excluding carboxylic acids is 1. The Morgan fingerprint density at radius 2 is 2.24 bits per heavy atom. The monoisotopic (exact) mass is 237 g/mol. The van der Waals surface area contributed by atoms with Crippen LogP contribution in [0.2, 0.25) is 0 Å². The van der Waals surface area contributed by atoms with Gasteiger partial charge in [-0.05, 0) is 26.0 Å². The first kappa shape index (κ1) is 13.0. The highest BCUT2D eigenvalue weighted by atomic mass is 16.6. The maximum atomic E-state index is 11.6. The van der Waals surface area contributed by atoms with Crippen molar-refractivity contribution < 1.29 is 14.7 Å². The molecule has 0 atom stereocenters. The number of oxime groups is 1. The highest BCUT2D eigenvalue weighted by Gasteiger charge is 2.11. The van der Waals surface area contributed by atoms with Crippen LogP contribution in [0.4, 0.5) is 4.79 Å². The molecule has 1 rings (SSSR count). The van der Waals surface area contributed by atoms with Crippen LogP contribution in [-0.2, 0) is 0 Å². The average molecular weight is 237 g/mol. The summed E-state index contributed by atoms with van der Waals surface area (Å²) in [5, 5.41) is 11.2. The molecular formula is C11H15N3O3. The second kappa shape index (κ2) is 6.47. The molecule has 0 aliphatic carbocycles. The molecular weight excluding hydrogens is 222 g/mol. The van der Waals surface area contributed by atoms with Gasteiger partial charge >= 0.3 is 6.09 Å². The summed E-state index contributed by atoms with van der Waals surface area (Å²) < 4.78 is 5.11.